The third-order valence-corrected chi connectivity index (χ3v) is 7.12. The van der Waals surface area contributed by atoms with Gasteiger partial charge in [0.1, 0.15) is 0 Å². The summed E-state index contributed by atoms with van der Waals surface area (Å²) in [5.41, 5.74) is 0.386. The largest absolute Gasteiger partial charge is 0.356 e. The number of carbonyl (C=O) groups excluding carboxylic acids is 1. The van der Waals surface area contributed by atoms with Crippen molar-refractivity contribution in [2.75, 3.05) is 31.6 Å². The average Bonchev–Trinajstić information content (AvgIpc) is 2.85. The van der Waals surface area contributed by atoms with Gasteiger partial charge >= 0.3 is 0 Å². The van der Waals surface area contributed by atoms with Gasteiger partial charge in [-0.05, 0) is 37.0 Å². The fourth-order valence-electron chi connectivity index (χ4n) is 3.99. The van der Waals surface area contributed by atoms with Crippen LogP contribution >= 0.6 is 24.0 Å². The van der Waals surface area contributed by atoms with E-state index in [4.69, 9.17) is 0 Å². The Bertz CT molecular complexity index is 618. The summed E-state index contributed by atoms with van der Waals surface area (Å²) in [6, 6.07) is -0.237. The van der Waals surface area contributed by atoms with Crippen LogP contribution in [0.2, 0.25) is 0 Å². The van der Waals surface area contributed by atoms with E-state index in [-0.39, 0.29) is 47.4 Å². The molecule has 1 amide bonds. The van der Waals surface area contributed by atoms with Crippen molar-refractivity contribution in [1.82, 2.24) is 16.0 Å². The minimum absolute atomic E-state index is 0. The number of nitrogens with zero attached hydrogens (tertiary/aromatic N) is 1. The number of carbonyl (C=O) groups is 1. The number of nitrogens with one attached hydrogen (secondary N) is 3. The Morgan fingerprint density at radius 1 is 1.26 bits per heavy atom. The monoisotopic (exact) mass is 514 g/mol. The maximum absolute atomic E-state index is 12.0. The highest BCUT2D eigenvalue weighted by Crippen LogP contribution is 2.45. The Labute approximate surface area is 180 Å². The summed E-state index contributed by atoms with van der Waals surface area (Å²) >= 11 is 0. The molecule has 0 aromatic heterocycles. The molecular weight excluding hydrogens is 479 g/mol. The minimum Gasteiger partial charge on any atom is -0.356 e. The number of amides is 1. The molecule has 2 fully saturated rings. The van der Waals surface area contributed by atoms with E-state index in [2.05, 4.69) is 34.8 Å². The number of sulfone groups is 1. The fraction of sp³-hybridized carbons (Fsp3) is 0.889. The second-order valence-electron chi connectivity index (χ2n) is 8.22. The van der Waals surface area contributed by atoms with E-state index in [0.717, 1.165) is 12.5 Å². The topological polar surface area (TPSA) is 99.7 Å². The van der Waals surface area contributed by atoms with Crippen LogP contribution in [0.3, 0.4) is 0 Å². The summed E-state index contributed by atoms with van der Waals surface area (Å²) in [5.74, 6) is 1.52. The van der Waals surface area contributed by atoms with Gasteiger partial charge in [-0.15, -0.1) is 24.0 Å². The summed E-state index contributed by atoms with van der Waals surface area (Å²) in [5, 5.41) is 9.38. The lowest BCUT2D eigenvalue weighted by molar-refractivity contribution is -0.121. The zero-order valence-corrected chi connectivity index (χ0v) is 19.9. The average molecular weight is 514 g/mol. The van der Waals surface area contributed by atoms with Gasteiger partial charge in [-0.25, -0.2) is 8.42 Å². The molecule has 1 atom stereocenters. The molecule has 0 bridgehead atoms. The summed E-state index contributed by atoms with van der Waals surface area (Å²) in [6.45, 7) is 5.92. The van der Waals surface area contributed by atoms with Crippen molar-refractivity contribution in [1.29, 1.82) is 0 Å². The molecule has 0 radical (unpaired) electrons. The summed E-state index contributed by atoms with van der Waals surface area (Å²) in [7, 11) is -1.23. The van der Waals surface area contributed by atoms with E-state index < -0.39 is 9.84 Å². The molecule has 2 aliphatic rings. The number of aliphatic imine (C=N–C) groups is 1. The Morgan fingerprint density at radius 2 is 1.96 bits per heavy atom. The molecule has 1 saturated heterocycles. The first kappa shape index (κ1) is 24.5. The van der Waals surface area contributed by atoms with Crippen LogP contribution in [0.1, 0.15) is 52.4 Å². The lowest BCUT2D eigenvalue weighted by Crippen LogP contribution is -2.47. The van der Waals surface area contributed by atoms with Crippen molar-refractivity contribution in [3.8, 4) is 0 Å². The Balaban J connectivity index is 0.00000364. The first-order valence-corrected chi connectivity index (χ1v) is 11.5. The van der Waals surface area contributed by atoms with Gasteiger partial charge in [-0.1, -0.05) is 20.3 Å². The first-order chi connectivity index (χ1) is 12.2. The molecule has 1 aliphatic carbocycles. The molecule has 0 aromatic rings. The van der Waals surface area contributed by atoms with Gasteiger partial charge in [0.15, 0.2) is 15.8 Å². The molecule has 3 N–H and O–H groups in total. The van der Waals surface area contributed by atoms with E-state index in [1.54, 1.807) is 7.05 Å². The Hall–Kier alpha value is -0.580. The molecule has 1 aliphatic heterocycles. The van der Waals surface area contributed by atoms with Crippen molar-refractivity contribution >= 4 is 45.7 Å². The van der Waals surface area contributed by atoms with Crippen molar-refractivity contribution in [3.05, 3.63) is 0 Å². The number of guanidine groups is 1. The third kappa shape index (κ3) is 8.13. The molecule has 27 heavy (non-hydrogen) atoms. The SMILES string of the molecule is CN=C(NCCC(=O)NC1CCS(=O)(=O)C1)NCC1(CC(C)C)CCC1.I. The predicted octanol–water partition coefficient (Wildman–Crippen LogP) is 1.68. The van der Waals surface area contributed by atoms with Gasteiger partial charge in [-0.3, -0.25) is 9.79 Å². The van der Waals surface area contributed by atoms with Gasteiger partial charge in [-0.2, -0.15) is 0 Å². The Kier molecular flexibility index (Phi) is 9.81. The van der Waals surface area contributed by atoms with Gasteiger partial charge in [0.05, 0.1) is 11.5 Å². The number of hydrogen-bond acceptors (Lipinski definition) is 4. The minimum atomic E-state index is -2.97. The van der Waals surface area contributed by atoms with E-state index in [9.17, 15) is 13.2 Å². The van der Waals surface area contributed by atoms with Crippen molar-refractivity contribution in [3.63, 3.8) is 0 Å². The quantitative estimate of drug-likeness (QED) is 0.260. The normalized spacial score (nSPS) is 23.3. The van der Waals surface area contributed by atoms with E-state index in [1.807, 2.05) is 0 Å². The number of halogens is 1. The number of rotatable bonds is 8. The summed E-state index contributed by atoms with van der Waals surface area (Å²) in [6.07, 6.45) is 5.88. The van der Waals surface area contributed by atoms with Gasteiger partial charge in [0.25, 0.3) is 0 Å². The molecule has 1 saturated carbocycles. The third-order valence-electron chi connectivity index (χ3n) is 5.35. The fourth-order valence-corrected chi connectivity index (χ4v) is 5.66. The molecule has 1 heterocycles. The molecule has 9 heteroatoms. The lowest BCUT2D eigenvalue weighted by Gasteiger charge is -2.43. The van der Waals surface area contributed by atoms with E-state index in [0.29, 0.717) is 30.7 Å². The van der Waals surface area contributed by atoms with E-state index in [1.165, 1.54) is 25.7 Å². The van der Waals surface area contributed by atoms with Crippen LogP contribution in [-0.2, 0) is 14.6 Å². The van der Waals surface area contributed by atoms with Gasteiger partial charge < -0.3 is 16.0 Å². The van der Waals surface area contributed by atoms with Gasteiger partial charge in [0.2, 0.25) is 5.91 Å². The molecule has 7 nitrogen and oxygen atoms in total. The molecule has 1 unspecified atom stereocenters. The molecule has 0 aromatic carbocycles. The van der Waals surface area contributed by atoms with Crippen LogP contribution in [-0.4, -0.2) is 58.0 Å². The standard InChI is InChI=1S/C18H34N4O3S.HI/c1-14(2)11-18(7-4-8-18)13-21-17(19-3)20-9-5-16(23)22-15-6-10-26(24,25)12-15;/h14-15H,4-13H2,1-3H3,(H,22,23)(H2,19,20,21);1H. The van der Waals surface area contributed by atoms with Crippen LogP contribution in [0.25, 0.3) is 0 Å². The molecule has 158 valence electrons. The Morgan fingerprint density at radius 3 is 2.44 bits per heavy atom. The smallest absolute Gasteiger partial charge is 0.222 e. The maximum atomic E-state index is 12.0. The zero-order chi connectivity index (χ0) is 19.2. The van der Waals surface area contributed by atoms with E-state index >= 15 is 0 Å². The molecular formula is C18H35IN4O3S. The van der Waals surface area contributed by atoms with Crippen LogP contribution in [0, 0.1) is 11.3 Å². The highest BCUT2D eigenvalue weighted by Gasteiger charge is 2.37. The molecule has 0 spiro atoms. The van der Waals surface area contributed by atoms with Crippen LogP contribution in [0.15, 0.2) is 4.99 Å². The summed E-state index contributed by atoms with van der Waals surface area (Å²) in [4.78, 5) is 16.2. The first-order valence-electron chi connectivity index (χ1n) is 9.68. The second kappa shape index (κ2) is 10.8. The second-order valence-corrected chi connectivity index (χ2v) is 10.5. The van der Waals surface area contributed by atoms with Crippen LogP contribution in [0.4, 0.5) is 0 Å². The zero-order valence-electron chi connectivity index (χ0n) is 16.7. The van der Waals surface area contributed by atoms with Crippen molar-refractivity contribution < 1.29 is 13.2 Å². The predicted molar refractivity (Wildman–Crippen MR) is 120 cm³/mol. The van der Waals surface area contributed by atoms with Crippen LogP contribution in [0.5, 0.6) is 0 Å². The highest BCUT2D eigenvalue weighted by molar-refractivity contribution is 14.0. The van der Waals surface area contributed by atoms with Crippen molar-refractivity contribution in [2.24, 2.45) is 16.3 Å². The number of hydrogen-bond donors (Lipinski definition) is 3. The van der Waals surface area contributed by atoms with Crippen LogP contribution < -0.4 is 16.0 Å². The lowest BCUT2D eigenvalue weighted by atomic mass is 9.64. The molecule has 2 rings (SSSR count). The highest BCUT2D eigenvalue weighted by atomic mass is 127. The van der Waals surface area contributed by atoms with Crippen molar-refractivity contribution in [2.45, 2.75) is 58.4 Å². The maximum Gasteiger partial charge on any atom is 0.222 e. The summed E-state index contributed by atoms with van der Waals surface area (Å²) < 4.78 is 22.9. The van der Waals surface area contributed by atoms with Gasteiger partial charge in [0, 0.05) is 32.6 Å².